The van der Waals surface area contributed by atoms with Gasteiger partial charge in [0.2, 0.25) is 0 Å². The maximum Gasteiger partial charge on any atom is 0.412 e. The van der Waals surface area contributed by atoms with E-state index in [1.807, 2.05) is 24.3 Å². The number of amidine groups is 1. The van der Waals surface area contributed by atoms with E-state index in [9.17, 15) is 4.79 Å². The largest absolute Gasteiger partial charge is 0.453 e. The molecule has 1 aromatic carbocycles. The van der Waals surface area contributed by atoms with Crippen LogP contribution in [0.25, 0.3) is 0 Å². The van der Waals surface area contributed by atoms with Gasteiger partial charge in [-0.2, -0.15) is 0 Å². The highest BCUT2D eigenvalue weighted by atomic mass is 32.2. The smallest absolute Gasteiger partial charge is 0.412 e. The molecule has 0 fully saturated rings. The Balaban J connectivity index is 2.43. The van der Waals surface area contributed by atoms with Crippen LogP contribution in [0.1, 0.15) is 18.9 Å². The number of benzene rings is 1. The van der Waals surface area contributed by atoms with Crippen LogP contribution in [0, 0.1) is 5.41 Å². The van der Waals surface area contributed by atoms with Crippen molar-refractivity contribution in [2.24, 2.45) is 4.99 Å². The summed E-state index contributed by atoms with van der Waals surface area (Å²) in [6.07, 6.45) is 6.74. The number of carbonyl (C=O) groups is 1. The second kappa shape index (κ2) is 12.3. The molecule has 5 nitrogen and oxygen atoms in total. The molecule has 7 heteroatoms. The summed E-state index contributed by atoms with van der Waals surface area (Å²) in [5.41, 5.74) is 2.65. The first-order chi connectivity index (χ1) is 14.1. The van der Waals surface area contributed by atoms with Gasteiger partial charge in [-0.3, -0.25) is 5.32 Å². The molecule has 0 aliphatic heterocycles. The number of allylic oxidation sites excluding steroid dienone is 1. The quantitative estimate of drug-likeness (QED) is 0.338. The summed E-state index contributed by atoms with van der Waals surface area (Å²) >= 11 is 3.14. The number of alkyl carbamates (subject to hydrolysis) is 1. The van der Waals surface area contributed by atoms with Gasteiger partial charge in [0.15, 0.2) is 5.17 Å². The monoisotopic (exact) mass is 429 g/mol. The number of ether oxygens (including phenoxy) is 1. The molecule has 1 atom stereocenters. The van der Waals surface area contributed by atoms with Crippen LogP contribution in [-0.4, -0.2) is 41.6 Å². The summed E-state index contributed by atoms with van der Waals surface area (Å²) in [6, 6.07) is 9.73. The summed E-state index contributed by atoms with van der Waals surface area (Å²) in [5, 5.41) is 11.6. The number of rotatable bonds is 8. The van der Waals surface area contributed by atoms with Crippen molar-refractivity contribution in [3.05, 3.63) is 71.2 Å². The zero-order valence-electron chi connectivity index (χ0n) is 16.8. The zero-order valence-corrected chi connectivity index (χ0v) is 18.4. The topological polar surface area (TPSA) is 74.5 Å². The molecule has 2 rings (SSSR count). The van der Waals surface area contributed by atoms with E-state index in [-0.39, 0.29) is 0 Å². The Morgan fingerprint density at radius 2 is 2.10 bits per heavy atom. The van der Waals surface area contributed by atoms with E-state index in [0.29, 0.717) is 23.1 Å². The lowest BCUT2D eigenvalue weighted by molar-refractivity contribution is 0.177. The number of carbonyl (C=O) groups excluding carboxylic acids is 1. The second-order valence-corrected chi connectivity index (χ2v) is 8.39. The molecule has 0 aromatic heterocycles. The number of nitrogens with zero attached hydrogens (tertiary/aromatic N) is 1. The van der Waals surface area contributed by atoms with E-state index in [1.54, 1.807) is 23.9 Å². The number of hydrogen-bond acceptors (Lipinski definition) is 6. The van der Waals surface area contributed by atoms with Crippen LogP contribution in [0.15, 0.2) is 70.6 Å². The van der Waals surface area contributed by atoms with Gasteiger partial charge in [0, 0.05) is 10.7 Å². The Morgan fingerprint density at radius 3 is 2.76 bits per heavy atom. The van der Waals surface area contributed by atoms with Gasteiger partial charge in [0.05, 0.1) is 12.8 Å². The minimum atomic E-state index is -0.577. The first kappa shape index (κ1) is 23.0. The van der Waals surface area contributed by atoms with Gasteiger partial charge in [0.25, 0.3) is 0 Å². The highest BCUT2D eigenvalue weighted by Gasteiger charge is 2.25. The molecule has 0 saturated heterocycles. The van der Waals surface area contributed by atoms with Gasteiger partial charge >= 0.3 is 6.09 Å². The number of methoxy groups -OCH3 is 1. The Bertz CT molecular complexity index is 817. The van der Waals surface area contributed by atoms with E-state index in [1.165, 1.54) is 24.4 Å². The molecule has 0 saturated carbocycles. The lowest BCUT2D eigenvalue weighted by Gasteiger charge is -2.24. The lowest BCUT2D eigenvalue weighted by atomic mass is 9.92. The number of amides is 1. The fourth-order valence-electron chi connectivity index (χ4n) is 2.69. The molecule has 1 aliphatic carbocycles. The van der Waals surface area contributed by atoms with Crippen molar-refractivity contribution in [1.29, 1.82) is 5.41 Å². The first-order valence-corrected chi connectivity index (χ1v) is 11.4. The summed E-state index contributed by atoms with van der Waals surface area (Å²) in [5.74, 6) is 1.59. The highest BCUT2D eigenvalue weighted by Crippen LogP contribution is 2.32. The van der Waals surface area contributed by atoms with Gasteiger partial charge < -0.3 is 10.1 Å². The van der Waals surface area contributed by atoms with Crippen molar-refractivity contribution in [2.75, 3.05) is 18.6 Å². The summed E-state index contributed by atoms with van der Waals surface area (Å²) < 4.78 is 4.72. The van der Waals surface area contributed by atoms with Crippen molar-refractivity contribution in [3.8, 4) is 0 Å². The van der Waals surface area contributed by atoms with Gasteiger partial charge in [0.1, 0.15) is 6.04 Å². The Labute approximate surface area is 181 Å². The third kappa shape index (κ3) is 7.25. The molecular formula is C22H27N3O2S2. The zero-order chi connectivity index (χ0) is 21.1. The van der Waals surface area contributed by atoms with Crippen LogP contribution in [0.2, 0.25) is 0 Å². The number of thioether (sulfide) groups is 2. The van der Waals surface area contributed by atoms with Gasteiger partial charge in [-0.25, -0.2) is 9.79 Å². The molecule has 0 bridgehead atoms. The molecule has 2 N–H and O–H groups in total. The average molecular weight is 430 g/mol. The fraction of sp³-hybridized carbons (Fsp3) is 0.318. The van der Waals surface area contributed by atoms with Crippen molar-refractivity contribution in [2.45, 2.75) is 25.8 Å². The maximum absolute atomic E-state index is 11.7. The van der Waals surface area contributed by atoms with E-state index in [0.717, 1.165) is 22.7 Å². The molecule has 1 aliphatic rings. The second-order valence-electron chi connectivity index (χ2n) is 6.24. The van der Waals surface area contributed by atoms with Crippen molar-refractivity contribution >= 4 is 40.5 Å². The highest BCUT2D eigenvalue weighted by molar-refractivity contribution is 8.14. The summed E-state index contributed by atoms with van der Waals surface area (Å²) in [7, 11) is 1.32. The van der Waals surface area contributed by atoms with Gasteiger partial charge in [-0.05, 0) is 41.9 Å². The van der Waals surface area contributed by atoms with Crippen LogP contribution in [0.5, 0.6) is 0 Å². The summed E-state index contributed by atoms with van der Waals surface area (Å²) in [6.45, 7) is 5.88. The average Bonchev–Trinajstić information content (AvgIpc) is 2.74. The molecule has 29 heavy (non-hydrogen) atoms. The SMILES string of the molecule is C=CCSC(=NC1C(=N)C=CC(SCCC)=C1Cc1ccccc1)NC(=O)OC. The minimum Gasteiger partial charge on any atom is -0.453 e. The Kier molecular flexibility index (Phi) is 9.80. The van der Waals surface area contributed by atoms with Crippen LogP contribution in [0.4, 0.5) is 4.79 Å². The molecule has 0 radical (unpaired) electrons. The van der Waals surface area contributed by atoms with Crippen LogP contribution in [0.3, 0.4) is 0 Å². The van der Waals surface area contributed by atoms with Crippen LogP contribution in [-0.2, 0) is 11.2 Å². The van der Waals surface area contributed by atoms with E-state index in [4.69, 9.17) is 15.1 Å². The Hall–Kier alpha value is -2.25. The predicted molar refractivity (Wildman–Crippen MR) is 126 cm³/mol. The van der Waals surface area contributed by atoms with E-state index >= 15 is 0 Å². The fourth-order valence-corrected chi connectivity index (χ4v) is 4.25. The van der Waals surface area contributed by atoms with Crippen molar-refractivity contribution in [3.63, 3.8) is 0 Å². The van der Waals surface area contributed by atoms with Crippen molar-refractivity contribution in [1.82, 2.24) is 5.32 Å². The van der Waals surface area contributed by atoms with Crippen molar-refractivity contribution < 1.29 is 9.53 Å². The third-order valence-electron chi connectivity index (χ3n) is 4.03. The predicted octanol–water partition coefficient (Wildman–Crippen LogP) is 5.22. The Morgan fingerprint density at radius 1 is 1.34 bits per heavy atom. The number of hydrogen-bond donors (Lipinski definition) is 2. The normalized spacial score (nSPS) is 16.7. The first-order valence-electron chi connectivity index (χ1n) is 9.41. The molecule has 154 valence electrons. The minimum absolute atomic E-state index is 0.403. The standard InChI is InChI=1S/C22H27N3O2S2/c1-4-13-28-19-12-11-18(23)20(17(19)15-16-9-7-6-8-10-16)24-21(29-14-5-2)25-22(26)27-3/h5-12,20,23H,2,4,13-15H2,1,3H3,(H,24,25,26). The molecule has 0 spiro atoms. The van der Waals surface area contributed by atoms with Gasteiger partial charge in [-0.15, -0.1) is 18.3 Å². The lowest BCUT2D eigenvalue weighted by Crippen LogP contribution is -2.32. The van der Waals surface area contributed by atoms with Crippen LogP contribution < -0.4 is 5.32 Å². The van der Waals surface area contributed by atoms with E-state index in [2.05, 4.69) is 31.0 Å². The van der Waals surface area contributed by atoms with Gasteiger partial charge in [-0.1, -0.05) is 55.1 Å². The van der Waals surface area contributed by atoms with E-state index < -0.39 is 12.1 Å². The molecule has 1 unspecified atom stereocenters. The maximum atomic E-state index is 11.7. The molecule has 0 heterocycles. The number of aliphatic imine (C=N–C) groups is 1. The molecule has 1 amide bonds. The van der Waals surface area contributed by atoms with Crippen LogP contribution >= 0.6 is 23.5 Å². The number of nitrogens with one attached hydrogen (secondary N) is 2. The summed E-state index contributed by atoms with van der Waals surface area (Å²) in [4.78, 5) is 17.6. The third-order valence-corrected chi connectivity index (χ3v) is 6.24. The molecular weight excluding hydrogens is 402 g/mol. The molecule has 1 aromatic rings.